The molecule has 1 aliphatic heterocycles. The highest BCUT2D eigenvalue weighted by Crippen LogP contribution is 2.33. The van der Waals surface area contributed by atoms with Gasteiger partial charge in [-0.25, -0.2) is 4.98 Å². The number of alkyl halides is 3. The van der Waals surface area contributed by atoms with Crippen LogP contribution >= 0.6 is 11.6 Å². The van der Waals surface area contributed by atoms with E-state index < -0.39 is 17.8 Å². The standard InChI is InChI=1S/C23H18ClF3N6O2/c1-32-9-18(20(24)31-32)33(22(34)13-3-5-19(29-7-13)23(25,26)27)8-12-2-4-14-15-10-35-11-16(15)21(28)30-17(14)6-12/h2-7,9H,8,10-11H2,1H3,(H2,28,30). The summed E-state index contributed by atoms with van der Waals surface area (Å²) in [5.41, 5.74) is 8.49. The zero-order chi connectivity index (χ0) is 24.9. The van der Waals surface area contributed by atoms with Crippen LogP contribution < -0.4 is 10.6 Å². The van der Waals surface area contributed by atoms with Crippen LogP contribution in [0.15, 0.2) is 42.7 Å². The fraction of sp³-hybridized carbons (Fsp3) is 0.217. The number of nitrogens with two attached hydrogens (primary N) is 1. The topological polar surface area (TPSA) is 99.2 Å². The molecule has 8 nitrogen and oxygen atoms in total. The first-order valence-electron chi connectivity index (χ1n) is 10.4. The van der Waals surface area contributed by atoms with E-state index in [1.165, 1.54) is 9.58 Å². The normalized spacial score (nSPS) is 13.3. The lowest BCUT2D eigenvalue weighted by Crippen LogP contribution is -2.30. The molecule has 35 heavy (non-hydrogen) atoms. The third kappa shape index (κ3) is 4.28. The highest BCUT2D eigenvalue weighted by atomic mass is 35.5. The van der Waals surface area contributed by atoms with E-state index in [0.29, 0.717) is 35.8 Å². The van der Waals surface area contributed by atoms with Crippen LogP contribution in [0, 0.1) is 0 Å². The number of anilines is 2. The summed E-state index contributed by atoms with van der Waals surface area (Å²) in [5, 5.41) is 5.05. The molecule has 0 aliphatic carbocycles. The Balaban J connectivity index is 1.53. The third-order valence-corrected chi connectivity index (χ3v) is 6.01. The number of hydrogen-bond acceptors (Lipinski definition) is 6. The average molecular weight is 503 g/mol. The van der Waals surface area contributed by atoms with Crippen molar-refractivity contribution in [2.45, 2.75) is 25.9 Å². The van der Waals surface area contributed by atoms with Crippen LogP contribution in [0.5, 0.6) is 0 Å². The maximum atomic E-state index is 13.4. The Bertz CT molecular complexity index is 1450. The molecule has 3 aromatic heterocycles. The number of rotatable bonds is 4. The van der Waals surface area contributed by atoms with Crippen molar-refractivity contribution in [3.05, 3.63) is 75.8 Å². The van der Waals surface area contributed by atoms with E-state index in [4.69, 9.17) is 22.1 Å². The van der Waals surface area contributed by atoms with Crippen molar-refractivity contribution in [3.8, 4) is 0 Å². The van der Waals surface area contributed by atoms with Crippen molar-refractivity contribution in [2.75, 3.05) is 10.6 Å². The first kappa shape index (κ1) is 23.1. The molecule has 12 heteroatoms. The van der Waals surface area contributed by atoms with Gasteiger partial charge in [0, 0.05) is 24.2 Å². The predicted octanol–water partition coefficient (Wildman–Crippen LogP) is 4.49. The summed E-state index contributed by atoms with van der Waals surface area (Å²) < 4.78 is 45.7. The van der Waals surface area contributed by atoms with E-state index in [9.17, 15) is 18.0 Å². The first-order valence-corrected chi connectivity index (χ1v) is 10.8. The third-order valence-electron chi connectivity index (χ3n) is 5.74. The largest absolute Gasteiger partial charge is 0.433 e. The fourth-order valence-electron chi connectivity index (χ4n) is 4.04. The van der Waals surface area contributed by atoms with Crippen molar-refractivity contribution in [2.24, 2.45) is 7.05 Å². The molecule has 1 aliphatic rings. The first-order chi connectivity index (χ1) is 16.6. The molecule has 0 bridgehead atoms. The van der Waals surface area contributed by atoms with Gasteiger partial charge < -0.3 is 10.5 Å². The van der Waals surface area contributed by atoms with Gasteiger partial charge in [-0.05, 0) is 29.3 Å². The number of amides is 1. The smallest absolute Gasteiger partial charge is 0.383 e. The molecule has 4 aromatic rings. The lowest BCUT2D eigenvalue weighted by Gasteiger charge is -2.22. The Morgan fingerprint density at radius 2 is 2.00 bits per heavy atom. The lowest BCUT2D eigenvalue weighted by atomic mass is 10.0. The summed E-state index contributed by atoms with van der Waals surface area (Å²) in [6, 6.07) is 7.38. The molecule has 0 unspecified atom stereocenters. The Morgan fingerprint density at radius 1 is 1.23 bits per heavy atom. The molecule has 0 fully saturated rings. The molecule has 1 aromatic carbocycles. The van der Waals surface area contributed by atoms with Crippen LogP contribution in [0.3, 0.4) is 0 Å². The molecule has 0 saturated carbocycles. The molecule has 5 rings (SSSR count). The maximum absolute atomic E-state index is 13.4. The Morgan fingerprint density at radius 3 is 2.66 bits per heavy atom. The van der Waals surface area contributed by atoms with Crippen LogP contribution in [-0.2, 0) is 37.7 Å². The Kier molecular flexibility index (Phi) is 5.60. The molecular weight excluding hydrogens is 485 g/mol. The van der Waals surface area contributed by atoms with Crippen LogP contribution in [0.4, 0.5) is 24.7 Å². The maximum Gasteiger partial charge on any atom is 0.433 e. The van der Waals surface area contributed by atoms with Crippen molar-refractivity contribution >= 4 is 39.9 Å². The summed E-state index contributed by atoms with van der Waals surface area (Å²) in [7, 11) is 1.64. The molecule has 0 spiro atoms. The molecule has 1 amide bonds. The van der Waals surface area contributed by atoms with E-state index in [2.05, 4.69) is 15.1 Å². The van der Waals surface area contributed by atoms with Gasteiger partial charge in [0.25, 0.3) is 5.91 Å². The van der Waals surface area contributed by atoms with E-state index in [-0.39, 0.29) is 17.3 Å². The highest BCUT2D eigenvalue weighted by Gasteiger charge is 2.33. The van der Waals surface area contributed by atoms with Gasteiger partial charge in [-0.15, -0.1) is 0 Å². The van der Waals surface area contributed by atoms with Gasteiger partial charge in [-0.1, -0.05) is 23.7 Å². The SMILES string of the molecule is Cn1cc(N(Cc2ccc3c4c(c(N)nc3c2)COC4)C(=O)c2ccc(C(F)(F)F)nc2)c(Cl)n1. The Labute approximate surface area is 202 Å². The van der Waals surface area contributed by atoms with E-state index in [0.717, 1.165) is 34.8 Å². The highest BCUT2D eigenvalue weighted by molar-refractivity contribution is 6.32. The van der Waals surface area contributed by atoms with Crippen molar-refractivity contribution in [1.82, 2.24) is 19.7 Å². The van der Waals surface area contributed by atoms with E-state index >= 15 is 0 Å². The average Bonchev–Trinajstić information content (AvgIpc) is 3.43. The molecule has 0 radical (unpaired) electrons. The number of benzene rings is 1. The molecular formula is C23H18ClF3N6O2. The van der Waals surface area contributed by atoms with Crippen molar-refractivity contribution in [3.63, 3.8) is 0 Å². The van der Waals surface area contributed by atoms with Gasteiger partial charge in [0.1, 0.15) is 17.2 Å². The number of nitrogens with zero attached hydrogens (tertiary/aromatic N) is 5. The summed E-state index contributed by atoms with van der Waals surface area (Å²) in [6.07, 6.45) is -2.16. The van der Waals surface area contributed by atoms with Crippen LogP contribution in [0.2, 0.25) is 5.15 Å². The summed E-state index contributed by atoms with van der Waals surface area (Å²) in [5.74, 6) is -0.197. The second-order valence-corrected chi connectivity index (χ2v) is 8.46. The Hall–Kier alpha value is -3.70. The number of carbonyl (C=O) groups is 1. The minimum Gasteiger partial charge on any atom is -0.383 e. The molecule has 0 saturated heterocycles. The number of ether oxygens (including phenoxy) is 1. The van der Waals surface area contributed by atoms with Crippen LogP contribution in [0.1, 0.15) is 32.7 Å². The quantitative estimate of drug-likeness (QED) is 0.441. The summed E-state index contributed by atoms with van der Waals surface area (Å²) in [4.78, 5) is 22.6. The van der Waals surface area contributed by atoms with Crippen LogP contribution in [-0.4, -0.2) is 25.7 Å². The van der Waals surface area contributed by atoms with Gasteiger partial charge in [0.2, 0.25) is 0 Å². The second-order valence-electron chi connectivity index (χ2n) is 8.10. The number of hydrogen-bond donors (Lipinski definition) is 1. The summed E-state index contributed by atoms with van der Waals surface area (Å²) in [6.45, 7) is 0.903. The number of halogens is 4. The molecule has 180 valence electrons. The van der Waals surface area contributed by atoms with E-state index in [1.807, 2.05) is 12.1 Å². The number of carbonyl (C=O) groups excluding carboxylic acids is 1. The summed E-state index contributed by atoms with van der Waals surface area (Å²) >= 11 is 6.27. The van der Waals surface area contributed by atoms with Gasteiger partial charge >= 0.3 is 6.18 Å². The number of aromatic nitrogens is 4. The fourth-order valence-corrected chi connectivity index (χ4v) is 4.31. The molecule has 2 N–H and O–H groups in total. The second kappa shape index (κ2) is 8.51. The predicted molar refractivity (Wildman–Crippen MR) is 123 cm³/mol. The number of nitrogen functional groups attached to an aromatic ring is 1. The minimum atomic E-state index is -4.61. The van der Waals surface area contributed by atoms with Gasteiger partial charge in [-0.2, -0.15) is 18.3 Å². The van der Waals surface area contributed by atoms with Gasteiger partial charge in [0.05, 0.1) is 37.0 Å². The minimum absolute atomic E-state index is 0.0314. The zero-order valence-electron chi connectivity index (χ0n) is 18.3. The monoisotopic (exact) mass is 502 g/mol. The number of aryl methyl sites for hydroxylation is 1. The molecule has 4 heterocycles. The lowest BCUT2D eigenvalue weighted by molar-refractivity contribution is -0.141. The zero-order valence-corrected chi connectivity index (χ0v) is 19.1. The number of pyridine rings is 2. The number of fused-ring (bicyclic) bond motifs is 3. The van der Waals surface area contributed by atoms with E-state index in [1.54, 1.807) is 19.3 Å². The van der Waals surface area contributed by atoms with Crippen molar-refractivity contribution < 1.29 is 22.7 Å². The molecule has 0 atom stereocenters. The van der Waals surface area contributed by atoms with Gasteiger partial charge in [-0.3, -0.25) is 19.4 Å². The van der Waals surface area contributed by atoms with Crippen molar-refractivity contribution in [1.29, 1.82) is 0 Å². The van der Waals surface area contributed by atoms with Gasteiger partial charge in [0.15, 0.2) is 5.15 Å². The van der Waals surface area contributed by atoms with Crippen LogP contribution in [0.25, 0.3) is 10.9 Å².